The third-order valence-corrected chi connectivity index (χ3v) is 19.8. The van der Waals surface area contributed by atoms with Crippen LogP contribution in [0.15, 0.2) is 206 Å². The highest BCUT2D eigenvalue weighted by Crippen LogP contribution is 2.59. The third kappa shape index (κ3) is 6.15. The van der Waals surface area contributed by atoms with Crippen LogP contribution in [0.2, 0.25) is 0 Å². The van der Waals surface area contributed by atoms with Gasteiger partial charge in [0, 0.05) is 61.9 Å². The van der Waals surface area contributed by atoms with Gasteiger partial charge in [0.05, 0.1) is 16.7 Å². The Kier molecular flexibility index (Phi) is 9.23. The molecular weight excluding hydrogens is 1010 g/mol. The van der Waals surface area contributed by atoms with E-state index in [-0.39, 0.29) is 16.2 Å². The number of hydrogen-bond acceptors (Lipinski definition) is 3. The first kappa shape index (κ1) is 47.0. The van der Waals surface area contributed by atoms with Gasteiger partial charge in [-0.25, -0.2) is 0 Å². The highest BCUT2D eigenvalue weighted by atomic mass is 16.5. The number of rotatable bonds is 0. The molecule has 0 radical (unpaired) electrons. The molecule has 0 saturated heterocycles. The molecule has 20 rings (SSSR count). The molecule has 396 valence electrons. The predicted octanol–water partition coefficient (Wildman–Crippen LogP) is 17.1. The summed E-state index contributed by atoms with van der Waals surface area (Å²) >= 11 is 0. The fourth-order valence-electron chi connectivity index (χ4n) is 16.1. The Labute approximate surface area is 480 Å². The van der Waals surface area contributed by atoms with Crippen LogP contribution in [0.1, 0.15) is 74.9 Å². The fraction of sp³-hybridized carbons (Fsp3) is 0.156. The quantitative estimate of drug-likeness (QED) is 0.112. The lowest BCUT2D eigenvalue weighted by Crippen LogP contribution is -2.42. The van der Waals surface area contributed by atoms with Crippen molar-refractivity contribution < 1.29 is 27.9 Å². The van der Waals surface area contributed by atoms with E-state index in [4.69, 9.17) is 14.2 Å². The van der Waals surface area contributed by atoms with Gasteiger partial charge in [0.1, 0.15) is 17.2 Å². The maximum atomic E-state index is 6.35. The minimum Gasteiger partial charge on any atom is -0.435 e. The lowest BCUT2D eigenvalue weighted by molar-refractivity contribution is -0.717. The standard InChI is InChI=1S/2C27H20NO.C23H18NO/c2*1-27(2)20-13-17-8-4-6-10-21(17)28-15-29-22-14-18-12-11-16-7-3-5-9-19(16)23(18)25(27)24(22)26(20)28;1-23(2)17-8-5-11-24-13-25-18-12-15-10-9-14-6-3-4-7-16(14)19(15)21(23)20(18)22(17)24/h2*3-14H,15H2,1-2H3;3-12H,13H2,1-2H3/q3*+1. The molecule has 0 bridgehead atoms. The number of aromatic nitrogens is 3. The minimum atomic E-state index is -0.0947. The molecule has 0 atom stereocenters. The molecule has 0 amide bonds. The van der Waals surface area contributed by atoms with Gasteiger partial charge in [0.15, 0.2) is 6.20 Å². The molecule has 0 N–H and O–H groups in total. The molecule has 0 fully saturated rings. The first-order valence-electron chi connectivity index (χ1n) is 29.3. The number of pyridine rings is 3. The first-order chi connectivity index (χ1) is 40.4. The largest absolute Gasteiger partial charge is 0.435 e. The number of fused-ring (bicyclic) bond motifs is 16. The van der Waals surface area contributed by atoms with Gasteiger partial charge in [-0.05, 0) is 130 Å². The summed E-state index contributed by atoms with van der Waals surface area (Å²) in [4.78, 5) is 0. The summed E-state index contributed by atoms with van der Waals surface area (Å²) in [7, 11) is 0. The number of hydrogen-bond donors (Lipinski definition) is 0. The van der Waals surface area contributed by atoms with Crippen LogP contribution >= 0.6 is 0 Å². The smallest absolute Gasteiger partial charge is 0.293 e. The van der Waals surface area contributed by atoms with Gasteiger partial charge in [0.2, 0.25) is 28.1 Å². The van der Waals surface area contributed by atoms with E-state index in [1.54, 1.807) is 0 Å². The molecule has 3 aromatic heterocycles. The van der Waals surface area contributed by atoms with Crippen LogP contribution in [0.25, 0.3) is 120 Å². The number of ether oxygens (including phenoxy) is 3. The molecule has 0 spiro atoms. The van der Waals surface area contributed by atoms with Crippen molar-refractivity contribution in [1.29, 1.82) is 0 Å². The van der Waals surface area contributed by atoms with Crippen molar-refractivity contribution >= 4 is 86.4 Å². The molecule has 6 nitrogen and oxygen atoms in total. The lowest BCUT2D eigenvalue weighted by atomic mass is 9.79. The molecule has 6 aliphatic rings. The summed E-state index contributed by atoms with van der Waals surface area (Å²) in [6.07, 6.45) is 2.13. The first-order valence-corrected chi connectivity index (χ1v) is 29.3. The topological polar surface area (TPSA) is 39.3 Å². The molecule has 0 unspecified atom stereocenters. The van der Waals surface area contributed by atoms with Gasteiger partial charge >= 0.3 is 0 Å². The minimum absolute atomic E-state index is 0.0419. The van der Waals surface area contributed by atoms with E-state index in [0.717, 1.165) is 17.2 Å². The van der Waals surface area contributed by atoms with Crippen LogP contribution in [0.5, 0.6) is 17.2 Å². The Morgan fingerprint density at radius 2 is 0.663 bits per heavy atom. The summed E-state index contributed by atoms with van der Waals surface area (Å²) in [6, 6.07) is 72.8. The highest BCUT2D eigenvalue weighted by Gasteiger charge is 2.50. The maximum absolute atomic E-state index is 6.35. The average molecular weight is 1070 g/mol. The Morgan fingerprint density at radius 3 is 1.10 bits per heavy atom. The predicted molar refractivity (Wildman–Crippen MR) is 335 cm³/mol. The van der Waals surface area contributed by atoms with Gasteiger partial charge in [-0.15, -0.1) is 0 Å². The van der Waals surface area contributed by atoms with Crippen LogP contribution in [0.4, 0.5) is 0 Å². The van der Waals surface area contributed by atoms with Gasteiger partial charge in [-0.2, -0.15) is 13.7 Å². The van der Waals surface area contributed by atoms with Crippen LogP contribution in [-0.4, -0.2) is 0 Å². The molecule has 0 saturated carbocycles. The number of benzene rings is 11. The second-order valence-electron chi connectivity index (χ2n) is 25.3. The number of para-hydroxylation sites is 2. The Morgan fingerprint density at radius 1 is 0.313 bits per heavy atom. The van der Waals surface area contributed by atoms with E-state index in [2.05, 4.69) is 262 Å². The molecule has 14 aromatic rings. The van der Waals surface area contributed by atoms with E-state index in [9.17, 15) is 0 Å². The molecule has 3 aliphatic heterocycles. The zero-order chi connectivity index (χ0) is 55.4. The fourth-order valence-corrected chi connectivity index (χ4v) is 16.1. The molecule has 6 heteroatoms. The van der Waals surface area contributed by atoms with Gasteiger partial charge in [-0.1, -0.05) is 175 Å². The molecule has 6 heterocycles. The Balaban J connectivity index is 0.0000000954. The van der Waals surface area contributed by atoms with Crippen molar-refractivity contribution in [3.63, 3.8) is 0 Å². The summed E-state index contributed by atoms with van der Waals surface area (Å²) in [5.41, 5.74) is 18.5. The second kappa shape index (κ2) is 16.3. The SMILES string of the molecule is CC1(C)c2cc3ccccc3[n+]3c2-c2c(cc4ccc5ccccc5c4c21)OC3.CC1(C)c2cc3ccccc3[n+]3c2-c2c(cc4ccc5ccccc5c4c21)OC3.CC1(C)c2ccc[n+]3c2-c2c(cc4ccc5ccccc5c4c21)OC3. The summed E-state index contributed by atoms with van der Waals surface area (Å²) < 4.78 is 25.8. The molecule has 83 heavy (non-hydrogen) atoms. The van der Waals surface area contributed by atoms with Crippen LogP contribution < -0.4 is 27.9 Å². The summed E-state index contributed by atoms with van der Waals surface area (Å²) in [6.45, 7) is 15.9. The molecule has 3 aliphatic carbocycles. The van der Waals surface area contributed by atoms with Crippen molar-refractivity contribution in [2.75, 3.05) is 0 Å². The molecular formula is C77H58N3O3+3. The Bertz CT molecular complexity index is 5090. The van der Waals surface area contributed by atoms with Crippen molar-refractivity contribution in [2.45, 2.75) is 78.0 Å². The van der Waals surface area contributed by atoms with Gasteiger partial charge < -0.3 is 14.2 Å². The third-order valence-electron chi connectivity index (χ3n) is 19.8. The van der Waals surface area contributed by atoms with Crippen LogP contribution in [-0.2, 0) is 36.4 Å². The van der Waals surface area contributed by atoms with Crippen LogP contribution in [0, 0.1) is 0 Å². The van der Waals surface area contributed by atoms with E-state index in [1.807, 2.05) is 0 Å². The van der Waals surface area contributed by atoms with Crippen molar-refractivity contribution in [1.82, 2.24) is 0 Å². The highest BCUT2D eigenvalue weighted by molar-refractivity contribution is 6.16. The van der Waals surface area contributed by atoms with E-state index < -0.39 is 0 Å². The van der Waals surface area contributed by atoms with E-state index in [0.29, 0.717) is 20.2 Å². The normalized spacial score (nSPS) is 15.8. The summed E-state index contributed by atoms with van der Waals surface area (Å²) in [5, 5.41) is 18.3. The van der Waals surface area contributed by atoms with Crippen LogP contribution in [0.3, 0.4) is 0 Å². The summed E-state index contributed by atoms with van der Waals surface area (Å²) in [5.74, 6) is 3.06. The maximum Gasteiger partial charge on any atom is 0.293 e. The van der Waals surface area contributed by atoms with Crippen molar-refractivity contribution in [3.8, 4) is 51.0 Å². The van der Waals surface area contributed by atoms with E-state index >= 15 is 0 Å². The number of nitrogens with zero attached hydrogens (tertiary/aromatic N) is 3. The lowest BCUT2D eigenvalue weighted by Gasteiger charge is -2.23. The molecule has 11 aromatic carbocycles. The van der Waals surface area contributed by atoms with Crippen molar-refractivity contribution in [2.24, 2.45) is 0 Å². The van der Waals surface area contributed by atoms with Gasteiger partial charge in [-0.3, -0.25) is 0 Å². The second-order valence-corrected chi connectivity index (χ2v) is 25.3. The Hall–Kier alpha value is -9.65. The van der Waals surface area contributed by atoms with Gasteiger partial charge in [0.25, 0.3) is 20.2 Å². The van der Waals surface area contributed by atoms with Crippen molar-refractivity contribution in [3.05, 3.63) is 240 Å². The monoisotopic (exact) mass is 1070 g/mol. The zero-order valence-electron chi connectivity index (χ0n) is 47.3. The zero-order valence-corrected chi connectivity index (χ0v) is 47.3. The average Bonchev–Trinajstić information content (AvgIpc) is 2.06. The van der Waals surface area contributed by atoms with E-state index in [1.165, 1.54) is 154 Å².